The summed E-state index contributed by atoms with van der Waals surface area (Å²) in [5.74, 6) is 0.160. The van der Waals surface area contributed by atoms with Crippen LogP contribution in [0.25, 0.3) is 0 Å². The Hall–Kier alpha value is -3.72. The van der Waals surface area contributed by atoms with E-state index in [0.29, 0.717) is 31.6 Å². The Morgan fingerprint density at radius 1 is 1.10 bits per heavy atom. The molecule has 1 heterocycles. The number of benzene rings is 2. The van der Waals surface area contributed by atoms with Crippen LogP contribution in [0.3, 0.4) is 0 Å². The molecule has 2 aliphatic rings. The maximum atomic E-state index is 14.1. The lowest BCUT2D eigenvalue weighted by Crippen LogP contribution is -2.51. The van der Waals surface area contributed by atoms with Crippen molar-refractivity contribution in [2.24, 2.45) is 28.3 Å². The number of nitrogens with two attached hydrogens (primary N) is 2. The fourth-order valence-electron chi connectivity index (χ4n) is 5.74. The van der Waals surface area contributed by atoms with Crippen molar-refractivity contribution in [1.29, 1.82) is 0 Å². The molecule has 9 heteroatoms. The van der Waals surface area contributed by atoms with E-state index in [0.717, 1.165) is 28.9 Å². The van der Waals surface area contributed by atoms with Gasteiger partial charge in [0.2, 0.25) is 5.91 Å². The van der Waals surface area contributed by atoms with E-state index in [-0.39, 0.29) is 30.4 Å². The first-order valence-electron chi connectivity index (χ1n) is 14.1. The predicted octanol–water partition coefficient (Wildman–Crippen LogP) is 3.81. The first-order chi connectivity index (χ1) is 19.2. The number of carbonyl (C=O) groups is 3. The van der Waals surface area contributed by atoms with Crippen molar-refractivity contribution in [3.8, 4) is 0 Å². The monoisotopic (exact) mass is 547 g/mol. The third-order valence-electron chi connectivity index (χ3n) is 7.74. The lowest BCUT2D eigenvalue weighted by atomic mass is 9.82. The Morgan fingerprint density at radius 2 is 1.73 bits per heavy atom. The van der Waals surface area contributed by atoms with Crippen molar-refractivity contribution in [1.82, 2.24) is 9.80 Å². The molecule has 4 N–H and O–H groups in total. The molecule has 0 spiro atoms. The Morgan fingerprint density at radius 3 is 2.30 bits per heavy atom. The number of methoxy groups -OCH3 is 1. The molecule has 0 bridgehead atoms. The molecule has 3 atom stereocenters. The molecule has 9 nitrogen and oxygen atoms in total. The van der Waals surface area contributed by atoms with Gasteiger partial charge in [-0.1, -0.05) is 74.5 Å². The second-order valence-electron chi connectivity index (χ2n) is 11.3. The molecule has 1 aliphatic carbocycles. The second kappa shape index (κ2) is 12.6. The summed E-state index contributed by atoms with van der Waals surface area (Å²) in [5.41, 5.74) is 13.4. The molecule has 1 aliphatic heterocycles. The highest BCUT2D eigenvalue weighted by Gasteiger charge is 2.53. The number of nitrogens with zero attached hydrogens (tertiary/aromatic N) is 3. The third kappa shape index (κ3) is 6.36. The first kappa shape index (κ1) is 29.3. The van der Waals surface area contributed by atoms with Gasteiger partial charge >= 0.3 is 6.09 Å². The summed E-state index contributed by atoms with van der Waals surface area (Å²) < 4.78 is 4.91. The summed E-state index contributed by atoms with van der Waals surface area (Å²) in [6.07, 6.45) is 3.14. The summed E-state index contributed by atoms with van der Waals surface area (Å²) in [7, 11) is 1.25. The molecule has 0 aromatic heterocycles. The maximum absolute atomic E-state index is 14.1. The average molecular weight is 548 g/mol. The quantitative estimate of drug-likeness (QED) is 0.415. The van der Waals surface area contributed by atoms with Gasteiger partial charge in [0.15, 0.2) is 11.5 Å². The SMILES string of the molecule is COC(=O)N(CCC[C@H](C1CC1)N1C(=O)[C@@](CC(C)C)(c2ccccc2)N=C1N)C(=O)[C@@H](N)Cc1ccccc1. The van der Waals surface area contributed by atoms with Crippen LogP contribution in [0.15, 0.2) is 65.7 Å². The highest BCUT2D eigenvalue weighted by Crippen LogP contribution is 2.44. The normalized spacial score (nSPS) is 20.3. The largest absolute Gasteiger partial charge is 0.452 e. The zero-order chi connectivity index (χ0) is 28.9. The zero-order valence-corrected chi connectivity index (χ0v) is 23.7. The van der Waals surface area contributed by atoms with Gasteiger partial charge in [-0.2, -0.15) is 0 Å². The van der Waals surface area contributed by atoms with E-state index in [4.69, 9.17) is 21.2 Å². The second-order valence-corrected chi connectivity index (χ2v) is 11.3. The minimum Gasteiger partial charge on any atom is -0.452 e. The van der Waals surface area contributed by atoms with Gasteiger partial charge in [0.25, 0.3) is 5.91 Å². The Balaban J connectivity index is 1.48. The van der Waals surface area contributed by atoms with E-state index in [1.165, 1.54) is 7.11 Å². The minimum atomic E-state index is -1.05. The smallest absolute Gasteiger partial charge is 0.416 e. The van der Waals surface area contributed by atoms with E-state index in [2.05, 4.69) is 13.8 Å². The molecular weight excluding hydrogens is 506 g/mol. The summed E-state index contributed by atoms with van der Waals surface area (Å²) in [6.45, 7) is 4.28. The van der Waals surface area contributed by atoms with E-state index in [1.54, 1.807) is 4.90 Å². The van der Waals surface area contributed by atoms with Gasteiger partial charge < -0.3 is 16.2 Å². The van der Waals surface area contributed by atoms with Crippen LogP contribution < -0.4 is 11.5 Å². The average Bonchev–Trinajstić information content (AvgIpc) is 3.76. The van der Waals surface area contributed by atoms with Crippen LogP contribution in [-0.2, 0) is 26.3 Å². The first-order valence-corrected chi connectivity index (χ1v) is 14.1. The van der Waals surface area contributed by atoms with Crippen molar-refractivity contribution < 1.29 is 19.1 Å². The van der Waals surface area contributed by atoms with E-state index in [1.807, 2.05) is 60.7 Å². The summed E-state index contributed by atoms with van der Waals surface area (Å²) in [5, 5.41) is 0. The Bertz CT molecular complexity index is 1210. The van der Waals surface area contributed by atoms with Gasteiger partial charge in [-0.15, -0.1) is 0 Å². The number of carbonyl (C=O) groups excluding carboxylic acids is 3. The van der Waals surface area contributed by atoms with Gasteiger partial charge in [0.1, 0.15) is 0 Å². The van der Waals surface area contributed by atoms with Crippen molar-refractivity contribution >= 4 is 23.9 Å². The van der Waals surface area contributed by atoms with Crippen molar-refractivity contribution in [3.63, 3.8) is 0 Å². The number of guanidine groups is 1. The highest BCUT2D eigenvalue weighted by molar-refractivity contribution is 6.07. The molecule has 0 radical (unpaired) electrons. The van der Waals surface area contributed by atoms with Gasteiger partial charge in [0.05, 0.1) is 13.2 Å². The molecular formula is C31H41N5O4. The molecule has 1 saturated carbocycles. The summed E-state index contributed by atoms with van der Waals surface area (Å²) in [4.78, 5) is 47.5. The molecule has 40 heavy (non-hydrogen) atoms. The summed E-state index contributed by atoms with van der Waals surface area (Å²) in [6, 6.07) is 18.0. The van der Waals surface area contributed by atoms with Crippen LogP contribution in [0.5, 0.6) is 0 Å². The Kier molecular flexibility index (Phi) is 9.25. The third-order valence-corrected chi connectivity index (χ3v) is 7.74. The van der Waals surface area contributed by atoms with Crippen molar-refractivity contribution in [2.45, 2.75) is 70.0 Å². The zero-order valence-electron chi connectivity index (χ0n) is 23.7. The van der Waals surface area contributed by atoms with E-state index < -0.39 is 23.6 Å². The van der Waals surface area contributed by atoms with E-state index >= 15 is 0 Å². The molecule has 1 fully saturated rings. The molecule has 4 rings (SSSR count). The number of hydrogen-bond donors (Lipinski definition) is 2. The fraction of sp³-hybridized carbons (Fsp3) is 0.484. The number of imide groups is 1. The topological polar surface area (TPSA) is 131 Å². The van der Waals surface area contributed by atoms with Gasteiger partial charge in [-0.3, -0.25) is 14.5 Å². The predicted molar refractivity (Wildman–Crippen MR) is 154 cm³/mol. The van der Waals surface area contributed by atoms with Crippen molar-refractivity contribution in [2.75, 3.05) is 13.7 Å². The fourth-order valence-corrected chi connectivity index (χ4v) is 5.74. The maximum Gasteiger partial charge on any atom is 0.416 e. The van der Waals surface area contributed by atoms with Crippen LogP contribution in [0.1, 0.15) is 57.1 Å². The number of aliphatic imine (C=N–C) groups is 1. The molecule has 0 saturated heterocycles. The number of amides is 3. The van der Waals surface area contributed by atoms with Crippen LogP contribution in [0.2, 0.25) is 0 Å². The standard InChI is InChI=1S/C31H41N5O4/c1-21(2)20-31(24-13-8-5-9-14-24)28(38)36(29(33)34-31)26(23-16-17-23)15-10-18-35(30(39)40-3)27(37)25(32)19-22-11-6-4-7-12-22/h4-9,11-14,21,23,25-26H,10,15-20,32H2,1-3H3,(H2,33,34)/t25-,26+,31+/m0/s1. The molecule has 214 valence electrons. The highest BCUT2D eigenvalue weighted by atomic mass is 16.5. The van der Waals surface area contributed by atoms with Crippen molar-refractivity contribution in [3.05, 3.63) is 71.8 Å². The van der Waals surface area contributed by atoms with Crippen LogP contribution in [-0.4, -0.2) is 59.4 Å². The lowest BCUT2D eigenvalue weighted by Gasteiger charge is -2.33. The number of ether oxygens (including phenoxy) is 1. The van der Waals surface area contributed by atoms with E-state index in [9.17, 15) is 14.4 Å². The molecule has 3 amide bonds. The molecule has 2 aromatic rings. The Labute approximate surface area is 236 Å². The van der Waals surface area contributed by atoms with Crippen LogP contribution in [0.4, 0.5) is 4.79 Å². The lowest BCUT2D eigenvalue weighted by molar-refractivity contribution is -0.134. The van der Waals surface area contributed by atoms with Gasteiger partial charge in [-0.05, 0) is 61.5 Å². The van der Waals surface area contributed by atoms with Gasteiger partial charge in [0, 0.05) is 12.6 Å². The van der Waals surface area contributed by atoms with Gasteiger partial charge in [-0.25, -0.2) is 14.7 Å². The number of rotatable bonds is 12. The number of hydrogen-bond acceptors (Lipinski definition) is 7. The molecule has 0 unspecified atom stereocenters. The molecule has 2 aromatic carbocycles. The minimum absolute atomic E-state index is 0.104. The van der Waals surface area contributed by atoms with Crippen LogP contribution in [0, 0.1) is 11.8 Å². The van der Waals surface area contributed by atoms with Crippen LogP contribution >= 0.6 is 0 Å². The summed E-state index contributed by atoms with van der Waals surface area (Å²) >= 11 is 0.